The van der Waals surface area contributed by atoms with E-state index >= 15 is 0 Å². The number of pyridine rings is 1. The number of aromatic nitrogens is 1. The van der Waals surface area contributed by atoms with Crippen LogP contribution in [0.5, 0.6) is 0 Å². The van der Waals surface area contributed by atoms with Gasteiger partial charge in [-0.05, 0) is 25.0 Å². The summed E-state index contributed by atoms with van der Waals surface area (Å²) < 4.78 is 24.3. The predicted molar refractivity (Wildman–Crippen MR) is 84.3 cm³/mol. The molecule has 1 N–H and O–H groups in total. The van der Waals surface area contributed by atoms with Crippen molar-refractivity contribution in [2.45, 2.75) is 30.9 Å². The Kier molecular flexibility index (Phi) is 3.95. The molecule has 0 aliphatic heterocycles. The summed E-state index contributed by atoms with van der Waals surface area (Å²) in [5, 5.41) is 4.98. The van der Waals surface area contributed by atoms with Gasteiger partial charge in [0.2, 0.25) is 5.91 Å². The zero-order valence-corrected chi connectivity index (χ0v) is 13.0. The number of carbonyl (C=O) groups excluding carboxylic acids is 1. The van der Waals surface area contributed by atoms with Crippen molar-refractivity contribution in [3.05, 3.63) is 23.7 Å². The molecule has 0 saturated heterocycles. The maximum absolute atomic E-state index is 12.2. The third-order valence-corrected chi connectivity index (χ3v) is 6.82. The molecule has 1 fully saturated rings. The summed E-state index contributed by atoms with van der Waals surface area (Å²) in [7, 11) is -3.34. The van der Waals surface area contributed by atoms with Crippen LogP contribution < -0.4 is 5.32 Å². The molecule has 0 radical (unpaired) electrons. The summed E-state index contributed by atoms with van der Waals surface area (Å²) in [5.74, 6) is -0.902. The van der Waals surface area contributed by atoms with E-state index in [-0.39, 0.29) is 5.25 Å². The van der Waals surface area contributed by atoms with Gasteiger partial charge >= 0.3 is 0 Å². The minimum atomic E-state index is -3.34. The number of hydrogen-bond acceptors (Lipinski definition) is 5. The second-order valence-corrected chi connectivity index (χ2v) is 8.41. The maximum atomic E-state index is 12.2. The smallest absolute Gasteiger partial charge is 0.239 e. The molecule has 3 rings (SSSR count). The van der Waals surface area contributed by atoms with E-state index in [0.29, 0.717) is 18.5 Å². The standard InChI is InChI=1S/C14H16N2O3S2/c17-13(9-21(18,19)10-4-1-2-5-10)16-12-8-20-14-11(12)6-3-7-15-14/h3,6-8,10H,1-2,4-5,9H2,(H,16,17). The van der Waals surface area contributed by atoms with Gasteiger partial charge in [0, 0.05) is 17.0 Å². The Labute approximate surface area is 127 Å². The van der Waals surface area contributed by atoms with E-state index in [0.717, 1.165) is 23.1 Å². The Hall–Kier alpha value is -1.47. The molecule has 0 unspecified atom stereocenters. The van der Waals surface area contributed by atoms with Crippen molar-refractivity contribution in [3.63, 3.8) is 0 Å². The second-order valence-electron chi connectivity index (χ2n) is 5.27. The lowest BCUT2D eigenvalue weighted by Crippen LogP contribution is -2.29. The number of hydrogen-bond donors (Lipinski definition) is 1. The molecule has 2 aromatic heterocycles. The molecule has 1 aliphatic rings. The van der Waals surface area contributed by atoms with Crippen molar-refractivity contribution < 1.29 is 13.2 Å². The molecule has 1 amide bonds. The monoisotopic (exact) mass is 324 g/mol. The van der Waals surface area contributed by atoms with Crippen molar-refractivity contribution in [2.75, 3.05) is 11.1 Å². The van der Waals surface area contributed by atoms with E-state index in [1.54, 1.807) is 17.6 Å². The van der Waals surface area contributed by atoms with Crippen molar-refractivity contribution in [2.24, 2.45) is 0 Å². The van der Waals surface area contributed by atoms with Gasteiger partial charge in [0.15, 0.2) is 9.84 Å². The summed E-state index contributed by atoms with van der Waals surface area (Å²) in [6.07, 6.45) is 4.93. The fourth-order valence-electron chi connectivity index (χ4n) is 2.70. The number of sulfone groups is 1. The van der Waals surface area contributed by atoms with Gasteiger partial charge in [0.05, 0.1) is 10.9 Å². The van der Waals surface area contributed by atoms with Crippen molar-refractivity contribution in [3.8, 4) is 0 Å². The molecular formula is C14H16N2O3S2. The number of nitrogens with one attached hydrogen (secondary N) is 1. The molecule has 0 spiro atoms. The quantitative estimate of drug-likeness (QED) is 0.938. The Bertz CT molecular complexity index is 761. The Morgan fingerprint density at radius 2 is 2.14 bits per heavy atom. The molecule has 2 heterocycles. The van der Waals surface area contributed by atoms with E-state index in [4.69, 9.17) is 0 Å². The molecule has 2 aromatic rings. The van der Waals surface area contributed by atoms with Gasteiger partial charge in [-0.1, -0.05) is 12.8 Å². The number of rotatable bonds is 4. The molecular weight excluding hydrogens is 308 g/mol. The molecule has 1 saturated carbocycles. The first-order chi connectivity index (χ1) is 10.1. The lowest BCUT2D eigenvalue weighted by molar-refractivity contribution is -0.113. The van der Waals surface area contributed by atoms with E-state index < -0.39 is 21.5 Å². The van der Waals surface area contributed by atoms with Gasteiger partial charge in [-0.25, -0.2) is 13.4 Å². The summed E-state index contributed by atoms with van der Waals surface area (Å²) in [4.78, 5) is 17.0. The molecule has 21 heavy (non-hydrogen) atoms. The number of fused-ring (bicyclic) bond motifs is 1. The fourth-order valence-corrected chi connectivity index (χ4v) is 5.27. The highest BCUT2D eigenvalue weighted by atomic mass is 32.2. The number of amides is 1. The number of anilines is 1. The van der Waals surface area contributed by atoms with Crippen LogP contribution in [-0.4, -0.2) is 30.3 Å². The SMILES string of the molecule is O=C(CS(=O)(=O)C1CCCC1)Nc1csc2ncccc12. The first-order valence-corrected chi connectivity index (χ1v) is 9.49. The number of carbonyl (C=O) groups is 1. The highest BCUT2D eigenvalue weighted by molar-refractivity contribution is 7.92. The van der Waals surface area contributed by atoms with Gasteiger partial charge < -0.3 is 5.32 Å². The topological polar surface area (TPSA) is 76.1 Å². The molecule has 112 valence electrons. The summed E-state index contributed by atoms with van der Waals surface area (Å²) in [6.45, 7) is 0. The molecule has 7 heteroatoms. The lowest BCUT2D eigenvalue weighted by atomic mass is 10.3. The minimum absolute atomic E-state index is 0.343. The zero-order valence-electron chi connectivity index (χ0n) is 11.4. The predicted octanol–water partition coefficient (Wildman–Crippen LogP) is 2.59. The average Bonchev–Trinajstić information content (AvgIpc) is 3.08. The number of thiophene rings is 1. The number of nitrogens with zero attached hydrogens (tertiary/aromatic N) is 1. The van der Waals surface area contributed by atoms with Gasteiger partial charge in [-0.3, -0.25) is 4.79 Å². The minimum Gasteiger partial charge on any atom is -0.324 e. The van der Waals surface area contributed by atoms with Crippen LogP contribution in [-0.2, 0) is 14.6 Å². The van der Waals surface area contributed by atoms with Gasteiger partial charge in [-0.15, -0.1) is 11.3 Å². The molecule has 0 bridgehead atoms. The zero-order chi connectivity index (χ0) is 14.9. The maximum Gasteiger partial charge on any atom is 0.239 e. The van der Waals surface area contributed by atoms with Crippen LogP contribution in [0.3, 0.4) is 0 Å². The van der Waals surface area contributed by atoms with Gasteiger partial charge in [-0.2, -0.15) is 0 Å². The summed E-state index contributed by atoms with van der Waals surface area (Å²) >= 11 is 1.42. The first-order valence-electron chi connectivity index (χ1n) is 6.90. The average molecular weight is 324 g/mol. The lowest BCUT2D eigenvalue weighted by Gasteiger charge is -2.10. The largest absolute Gasteiger partial charge is 0.324 e. The molecule has 0 atom stereocenters. The van der Waals surface area contributed by atoms with Crippen LogP contribution in [0.1, 0.15) is 25.7 Å². The van der Waals surface area contributed by atoms with E-state index in [2.05, 4.69) is 10.3 Å². The van der Waals surface area contributed by atoms with E-state index in [1.807, 2.05) is 6.07 Å². The van der Waals surface area contributed by atoms with Gasteiger partial charge in [0.25, 0.3) is 0 Å². The summed E-state index contributed by atoms with van der Waals surface area (Å²) in [5.41, 5.74) is 0.634. The highest BCUT2D eigenvalue weighted by Crippen LogP contribution is 2.29. The highest BCUT2D eigenvalue weighted by Gasteiger charge is 2.30. The summed E-state index contributed by atoms with van der Waals surface area (Å²) in [6, 6.07) is 3.65. The van der Waals surface area contributed by atoms with E-state index in [1.165, 1.54) is 11.3 Å². The Morgan fingerprint density at radius 3 is 2.90 bits per heavy atom. The molecule has 1 aliphatic carbocycles. The van der Waals surface area contributed by atoms with E-state index in [9.17, 15) is 13.2 Å². The van der Waals surface area contributed by atoms with Crippen molar-refractivity contribution in [1.82, 2.24) is 4.98 Å². The fraction of sp³-hybridized carbons (Fsp3) is 0.429. The van der Waals surface area contributed by atoms with Crippen LogP contribution in [0.25, 0.3) is 10.2 Å². The van der Waals surface area contributed by atoms with Crippen molar-refractivity contribution >= 4 is 43.0 Å². The van der Waals surface area contributed by atoms with Crippen LogP contribution in [0.15, 0.2) is 23.7 Å². The Morgan fingerprint density at radius 1 is 1.38 bits per heavy atom. The Balaban J connectivity index is 1.72. The van der Waals surface area contributed by atoms with Crippen molar-refractivity contribution in [1.29, 1.82) is 0 Å². The van der Waals surface area contributed by atoms with Crippen LogP contribution >= 0.6 is 11.3 Å². The molecule has 5 nitrogen and oxygen atoms in total. The third-order valence-electron chi connectivity index (χ3n) is 3.77. The van der Waals surface area contributed by atoms with Crippen LogP contribution in [0.2, 0.25) is 0 Å². The van der Waals surface area contributed by atoms with Crippen LogP contribution in [0.4, 0.5) is 5.69 Å². The van der Waals surface area contributed by atoms with Gasteiger partial charge in [0.1, 0.15) is 10.6 Å². The normalized spacial score (nSPS) is 16.4. The molecule has 0 aromatic carbocycles. The first kappa shape index (κ1) is 14.5. The third kappa shape index (κ3) is 3.08. The second kappa shape index (κ2) is 5.73. The van der Waals surface area contributed by atoms with Crippen LogP contribution in [0, 0.1) is 0 Å².